The molecule has 3 rings (SSSR count). The second-order valence-electron chi connectivity index (χ2n) is 6.34. The number of rotatable bonds is 6. The summed E-state index contributed by atoms with van der Waals surface area (Å²) in [5.74, 6) is -1.70. The quantitative estimate of drug-likeness (QED) is 0.282. The number of nitro groups is 1. The second kappa shape index (κ2) is 8.52. The van der Waals surface area contributed by atoms with Crippen molar-refractivity contribution in [3.63, 3.8) is 0 Å². The van der Waals surface area contributed by atoms with E-state index in [9.17, 15) is 24.8 Å². The van der Waals surface area contributed by atoms with Crippen molar-refractivity contribution in [2.75, 3.05) is 6.61 Å². The molecule has 0 bridgehead atoms. The van der Waals surface area contributed by atoms with Gasteiger partial charge >= 0.3 is 5.97 Å². The summed E-state index contributed by atoms with van der Waals surface area (Å²) in [6, 6.07) is 10.8. The number of aromatic hydroxyl groups is 1. The van der Waals surface area contributed by atoms with Crippen LogP contribution in [0.2, 0.25) is 0 Å². The summed E-state index contributed by atoms with van der Waals surface area (Å²) in [7, 11) is 0. The molecule has 10 heteroatoms. The third kappa shape index (κ3) is 4.02. The van der Waals surface area contributed by atoms with Gasteiger partial charge in [-0.1, -0.05) is 24.3 Å². The zero-order chi connectivity index (χ0) is 21.8. The van der Waals surface area contributed by atoms with E-state index < -0.39 is 16.8 Å². The second-order valence-corrected chi connectivity index (χ2v) is 6.34. The van der Waals surface area contributed by atoms with Crippen LogP contribution in [0.25, 0.3) is 10.9 Å². The number of benzene rings is 2. The van der Waals surface area contributed by atoms with Crippen LogP contribution in [0, 0.1) is 17.0 Å². The molecular weight excluding hydrogens is 392 g/mol. The third-order valence-corrected chi connectivity index (χ3v) is 4.40. The number of esters is 1. The molecule has 1 N–H and O–H groups in total. The third-order valence-electron chi connectivity index (χ3n) is 4.40. The van der Waals surface area contributed by atoms with Crippen molar-refractivity contribution >= 4 is 34.2 Å². The molecule has 154 valence electrons. The minimum absolute atomic E-state index is 0.00450. The van der Waals surface area contributed by atoms with Gasteiger partial charge in [0, 0.05) is 17.0 Å². The highest BCUT2D eigenvalue weighted by Gasteiger charge is 2.20. The normalized spacial score (nSPS) is 11.1. The van der Waals surface area contributed by atoms with Gasteiger partial charge in [-0.2, -0.15) is 0 Å². The van der Waals surface area contributed by atoms with E-state index in [1.807, 2.05) is 0 Å². The maximum absolute atomic E-state index is 12.4. The summed E-state index contributed by atoms with van der Waals surface area (Å²) in [6.07, 6.45) is 0. The van der Waals surface area contributed by atoms with Crippen molar-refractivity contribution in [3.8, 4) is 5.88 Å². The lowest BCUT2D eigenvalue weighted by Gasteiger charge is -2.06. The molecule has 0 saturated heterocycles. The Bertz CT molecular complexity index is 1180. The number of fused-ring (bicyclic) bond motifs is 1. The molecule has 0 aliphatic carbocycles. The van der Waals surface area contributed by atoms with Crippen LogP contribution in [0.3, 0.4) is 0 Å². The summed E-state index contributed by atoms with van der Waals surface area (Å²) in [6.45, 7) is 3.19. The molecule has 30 heavy (non-hydrogen) atoms. The Balaban J connectivity index is 1.98. The van der Waals surface area contributed by atoms with E-state index >= 15 is 0 Å². The first kappa shape index (κ1) is 20.6. The van der Waals surface area contributed by atoms with Gasteiger partial charge in [0.2, 0.25) is 5.88 Å². The average Bonchev–Trinajstić information content (AvgIpc) is 2.97. The SMILES string of the molecule is CCOC(=O)Cn1c(O)c(N=NC(=O)c2ccc(C)c([N+](=O)[O-])c2)c2ccccc21. The first-order valence-corrected chi connectivity index (χ1v) is 9.00. The van der Waals surface area contributed by atoms with Crippen molar-refractivity contribution < 1.29 is 24.4 Å². The lowest BCUT2D eigenvalue weighted by molar-refractivity contribution is -0.385. The zero-order valence-corrected chi connectivity index (χ0v) is 16.2. The number of hydrogen-bond acceptors (Lipinski definition) is 7. The molecule has 0 unspecified atom stereocenters. The predicted octanol–water partition coefficient (Wildman–Crippen LogP) is 4.05. The summed E-state index contributed by atoms with van der Waals surface area (Å²) < 4.78 is 6.23. The number of carbonyl (C=O) groups excluding carboxylic acids is 2. The lowest BCUT2D eigenvalue weighted by atomic mass is 10.1. The molecule has 1 amide bonds. The number of hydrogen-bond donors (Lipinski definition) is 1. The molecule has 2 aromatic carbocycles. The van der Waals surface area contributed by atoms with Gasteiger partial charge < -0.3 is 9.84 Å². The topological polar surface area (TPSA) is 136 Å². The summed E-state index contributed by atoms with van der Waals surface area (Å²) in [4.78, 5) is 34.7. The minimum atomic E-state index is -0.806. The van der Waals surface area contributed by atoms with Crippen LogP contribution >= 0.6 is 0 Å². The van der Waals surface area contributed by atoms with Crippen molar-refractivity contribution in [2.24, 2.45) is 10.2 Å². The maximum Gasteiger partial charge on any atom is 0.326 e. The average molecular weight is 410 g/mol. The summed E-state index contributed by atoms with van der Waals surface area (Å²) >= 11 is 0. The highest BCUT2D eigenvalue weighted by atomic mass is 16.6. The number of aryl methyl sites for hydroxylation is 1. The van der Waals surface area contributed by atoms with Gasteiger partial charge in [0.1, 0.15) is 6.54 Å². The summed E-state index contributed by atoms with van der Waals surface area (Å²) in [5.41, 5.74) is 0.712. The largest absolute Gasteiger partial charge is 0.493 e. The predicted molar refractivity (Wildman–Crippen MR) is 107 cm³/mol. The Labute approximate surface area is 170 Å². The van der Waals surface area contributed by atoms with Crippen molar-refractivity contribution in [1.82, 2.24) is 4.57 Å². The van der Waals surface area contributed by atoms with E-state index in [0.717, 1.165) is 6.07 Å². The van der Waals surface area contributed by atoms with E-state index in [1.165, 1.54) is 16.7 Å². The number of amides is 1. The fraction of sp³-hybridized carbons (Fsp3) is 0.200. The number of carbonyl (C=O) groups is 2. The Morgan fingerprint density at radius 2 is 1.97 bits per heavy atom. The highest BCUT2D eigenvalue weighted by Crippen LogP contribution is 2.38. The van der Waals surface area contributed by atoms with Crippen LogP contribution in [0.5, 0.6) is 5.88 Å². The lowest BCUT2D eigenvalue weighted by Crippen LogP contribution is -2.12. The van der Waals surface area contributed by atoms with Gasteiger partial charge in [-0.25, -0.2) is 0 Å². The Morgan fingerprint density at radius 3 is 2.67 bits per heavy atom. The van der Waals surface area contributed by atoms with Gasteiger partial charge in [0.05, 0.1) is 22.6 Å². The van der Waals surface area contributed by atoms with Gasteiger partial charge in [-0.05, 0) is 26.0 Å². The van der Waals surface area contributed by atoms with Crippen molar-refractivity contribution in [1.29, 1.82) is 0 Å². The Morgan fingerprint density at radius 1 is 1.23 bits per heavy atom. The summed E-state index contributed by atoms with van der Waals surface area (Å²) in [5, 5.41) is 29.6. The maximum atomic E-state index is 12.4. The molecule has 3 aromatic rings. The molecule has 0 aliphatic rings. The smallest absolute Gasteiger partial charge is 0.326 e. The van der Waals surface area contributed by atoms with Crippen LogP contribution in [0.15, 0.2) is 52.7 Å². The van der Waals surface area contributed by atoms with Crippen molar-refractivity contribution in [3.05, 3.63) is 63.7 Å². The number of nitro benzene ring substituents is 1. The van der Waals surface area contributed by atoms with E-state index in [2.05, 4.69) is 10.2 Å². The van der Waals surface area contributed by atoms with Gasteiger partial charge in [0.15, 0.2) is 5.69 Å². The standard InChI is InChI=1S/C20H18N4O6/c1-3-30-17(25)11-23-15-7-5-4-6-14(15)18(20(23)27)21-22-19(26)13-9-8-12(2)16(10-13)24(28)29/h4-10,27H,3,11H2,1-2H3. The number of nitrogens with zero attached hydrogens (tertiary/aromatic N) is 4. The molecule has 0 saturated carbocycles. The Hall–Kier alpha value is -4.08. The molecule has 1 aromatic heterocycles. The van der Waals surface area contributed by atoms with Crippen LogP contribution in [0.4, 0.5) is 11.4 Å². The van der Waals surface area contributed by atoms with E-state index in [1.54, 1.807) is 38.1 Å². The molecular formula is C20H18N4O6. The molecule has 0 radical (unpaired) electrons. The molecule has 1 heterocycles. The first-order chi connectivity index (χ1) is 14.3. The number of azo groups is 1. The van der Waals surface area contributed by atoms with E-state index in [-0.39, 0.29) is 36.0 Å². The number of aromatic nitrogens is 1. The molecule has 0 aliphatic heterocycles. The zero-order valence-electron chi connectivity index (χ0n) is 16.2. The van der Waals surface area contributed by atoms with Gasteiger partial charge in [-0.15, -0.1) is 10.2 Å². The van der Waals surface area contributed by atoms with Crippen LogP contribution in [-0.2, 0) is 16.1 Å². The van der Waals surface area contributed by atoms with E-state index in [4.69, 9.17) is 4.74 Å². The van der Waals surface area contributed by atoms with Gasteiger partial charge in [0.25, 0.3) is 11.6 Å². The molecule has 0 fully saturated rings. The van der Waals surface area contributed by atoms with Crippen LogP contribution in [-0.4, -0.2) is 33.1 Å². The molecule has 0 atom stereocenters. The number of para-hydroxylation sites is 1. The van der Waals surface area contributed by atoms with Crippen LogP contribution in [0.1, 0.15) is 22.8 Å². The minimum Gasteiger partial charge on any atom is -0.493 e. The van der Waals surface area contributed by atoms with Crippen molar-refractivity contribution in [2.45, 2.75) is 20.4 Å². The highest BCUT2D eigenvalue weighted by molar-refractivity contribution is 5.98. The Kier molecular flexibility index (Phi) is 5.86. The fourth-order valence-electron chi connectivity index (χ4n) is 2.96. The van der Waals surface area contributed by atoms with Gasteiger partial charge in [-0.3, -0.25) is 24.3 Å². The fourth-order valence-corrected chi connectivity index (χ4v) is 2.96. The number of ether oxygens (including phenoxy) is 1. The monoisotopic (exact) mass is 410 g/mol. The van der Waals surface area contributed by atoms with Crippen LogP contribution < -0.4 is 0 Å². The first-order valence-electron chi connectivity index (χ1n) is 9.00. The molecule has 0 spiro atoms. The molecule has 10 nitrogen and oxygen atoms in total. The van der Waals surface area contributed by atoms with E-state index in [0.29, 0.717) is 16.5 Å².